The van der Waals surface area contributed by atoms with Gasteiger partial charge in [-0.15, -0.1) is 0 Å². The fourth-order valence-electron chi connectivity index (χ4n) is 1.40. The zero-order valence-corrected chi connectivity index (χ0v) is 10.9. The summed E-state index contributed by atoms with van der Waals surface area (Å²) >= 11 is 0. The van der Waals surface area contributed by atoms with Crippen LogP contribution in [-0.2, 0) is 10.0 Å². The first-order valence-corrected chi connectivity index (χ1v) is 6.83. The van der Waals surface area contributed by atoms with Crippen LogP contribution in [0.3, 0.4) is 0 Å². The van der Waals surface area contributed by atoms with Crippen molar-refractivity contribution in [3.05, 3.63) is 29.8 Å². The number of urea groups is 1. The minimum Gasteiger partial charge on any atom is -0.396 e. The molecule has 0 aliphatic carbocycles. The van der Waals surface area contributed by atoms with Crippen LogP contribution in [0.15, 0.2) is 29.2 Å². The SMILES string of the molecule is Cc1ccc(S(=O)(=O)N(CCCO)C(N)=O)cc1. The zero-order valence-electron chi connectivity index (χ0n) is 10.0. The molecule has 1 aromatic rings. The topological polar surface area (TPSA) is 101 Å². The molecule has 0 saturated carbocycles. The van der Waals surface area contributed by atoms with E-state index in [0.717, 1.165) is 5.56 Å². The van der Waals surface area contributed by atoms with Crippen LogP contribution in [0, 0.1) is 6.92 Å². The van der Waals surface area contributed by atoms with Gasteiger partial charge in [0, 0.05) is 13.2 Å². The smallest absolute Gasteiger partial charge is 0.328 e. The summed E-state index contributed by atoms with van der Waals surface area (Å²) in [7, 11) is -3.94. The molecule has 1 aromatic carbocycles. The summed E-state index contributed by atoms with van der Waals surface area (Å²) in [6.07, 6.45) is 0.147. The Labute approximate surface area is 106 Å². The summed E-state index contributed by atoms with van der Waals surface area (Å²) in [6, 6.07) is 5.05. The first-order valence-electron chi connectivity index (χ1n) is 5.39. The van der Waals surface area contributed by atoms with E-state index in [1.165, 1.54) is 12.1 Å². The summed E-state index contributed by atoms with van der Waals surface area (Å²) in [6.45, 7) is 1.48. The number of aryl methyl sites for hydroxylation is 1. The third kappa shape index (κ3) is 3.21. The molecule has 0 radical (unpaired) electrons. The molecule has 0 unspecified atom stereocenters. The molecule has 6 nitrogen and oxygen atoms in total. The standard InChI is InChI=1S/C11H16N2O4S/c1-9-3-5-10(6-4-9)18(16,17)13(11(12)15)7-2-8-14/h3-6,14H,2,7-8H2,1H3,(H2,12,15). The van der Waals surface area contributed by atoms with Crippen molar-refractivity contribution in [1.29, 1.82) is 0 Å². The van der Waals surface area contributed by atoms with Gasteiger partial charge in [0.25, 0.3) is 10.0 Å². The number of nitrogens with two attached hydrogens (primary N) is 1. The first-order chi connectivity index (χ1) is 8.39. The molecule has 2 amide bonds. The number of amides is 2. The molecule has 0 saturated heterocycles. The highest BCUT2D eigenvalue weighted by Gasteiger charge is 2.26. The second-order valence-corrected chi connectivity index (χ2v) is 5.67. The Balaban J connectivity index is 3.09. The highest BCUT2D eigenvalue weighted by atomic mass is 32.2. The summed E-state index contributed by atoms with van der Waals surface area (Å²) < 4.78 is 24.8. The number of carbonyl (C=O) groups is 1. The van der Waals surface area contributed by atoms with Crippen molar-refractivity contribution in [2.75, 3.05) is 13.2 Å². The van der Waals surface area contributed by atoms with E-state index >= 15 is 0 Å². The number of aliphatic hydroxyl groups is 1. The number of aliphatic hydroxyl groups excluding tert-OH is 1. The number of carbonyl (C=O) groups excluding carboxylic acids is 1. The second-order valence-electron chi connectivity index (χ2n) is 3.81. The van der Waals surface area contributed by atoms with Crippen LogP contribution in [-0.4, -0.2) is 37.0 Å². The molecule has 1 rings (SSSR count). The van der Waals surface area contributed by atoms with Crippen LogP contribution in [0.1, 0.15) is 12.0 Å². The Kier molecular flexibility index (Phi) is 4.69. The van der Waals surface area contributed by atoms with E-state index in [0.29, 0.717) is 4.31 Å². The van der Waals surface area contributed by atoms with Gasteiger partial charge in [0.15, 0.2) is 0 Å². The van der Waals surface area contributed by atoms with Gasteiger partial charge in [-0.1, -0.05) is 17.7 Å². The lowest BCUT2D eigenvalue weighted by Gasteiger charge is -2.19. The lowest BCUT2D eigenvalue weighted by molar-refractivity contribution is 0.225. The van der Waals surface area contributed by atoms with Gasteiger partial charge in [0.05, 0.1) is 4.90 Å². The van der Waals surface area contributed by atoms with Crippen molar-refractivity contribution in [3.63, 3.8) is 0 Å². The predicted molar refractivity (Wildman–Crippen MR) is 66.4 cm³/mol. The molecule has 0 fully saturated rings. The fourth-order valence-corrected chi connectivity index (χ4v) is 2.74. The first kappa shape index (κ1) is 14.5. The molecule has 18 heavy (non-hydrogen) atoms. The predicted octanol–water partition coefficient (Wildman–Crippen LogP) is 0.447. The van der Waals surface area contributed by atoms with Gasteiger partial charge >= 0.3 is 6.03 Å². The minimum atomic E-state index is -3.94. The number of primary amides is 1. The molecule has 0 aliphatic rings. The van der Waals surface area contributed by atoms with E-state index in [-0.39, 0.29) is 24.5 Å². The molecule has 0 heterocycles. The van der Waals surface area contributed by atoms with Crippen molar-refractivity contribution < 1.29 is 18.3 Å². The molecule has 0 aromatic heterocycles. The summed E-state index contributed by atoms with van der Waals surface area (Å²) in [5.74, 6) is 0. The van der Waals surface area contributed by atoms with Crippen LogP contribution in [0.25, 0.3) is 0 Å². The molecule has 0 atom stereocenters. The Morgan fingerprint density at radius 1 is 1.33 bits per heavy atom. The summed E-state index contributed by atoms with van der Waals surface area (Å²) in [5, 5.41) is 8.70. The van der Waals surface area contributed by atoms with Crippen molar-refractivity contribution >= 4 is 16.1 Å². The van der Waals surface area contributed by atoms with Crippen LogP contribution in [0.2, 0.25) is 0 Å². The van der Waals surface area contributed by atoms with E-state index in [2.05, 4.69) is 0 Å². The van der Waals surface area contributed by atoms with Crippen LogP contribution in [0.5, 0.6) is 0 Å². The fraction of sp³-hybridized carbons (Fsp3) is 0.364. The van der Waals surface area contributed by atoms with E-state index in [4.69, 9.17) is 10.8 Å². The van der Waals surface area contributed by atoms with Crippen molar-refractivity contribution in [1.82, 2.24) is 4.31 Å². The van der Waals surface area contributed by atoms with Crippen LogP contribution < -0.4 is 5.73 Å². The summed E-state index contributed by atoms with van der Waals surface area (Å²) in [5.41, 5.74) is 5.97. The lowest BCUT2D eigenvalue weighted by Crippen LogP contribution is -2.41. The Bertz CT molecular complexity index is 510. The molecular weight excluding hydrogens is 256 g/mol. The summed E-state index contributed by atoms with van der Waals surface area (Å²) in [4.78, 5) is 11.2. The van der Waals surface area contributed by atoms with Gasteiger partial charge in [-0.05, 0) is 25.5 Å². The van der Waals surface area contributed by atoms with E-state index < -0.39 is 16.1 Å². The zero-order chi connectivity index (χ0) is 13.8. The average molecular weight is 272 g/mol. The van der Waals surface area contributed by atoms with Gasteiger partial charge in [0.1, 0.15) is 0 Å². The Morgan fingerprint density at radius 3 is 2.33 bits per heavy atom. The maximum Gasteiger partial charge on any atom is 0.328 e. The molecular formula is C11H16N2O4S. The van der Waals surface area contributed by atoms with E-state index in [9.17, 15) is 13.2 Å². The van der Waals surface area contributed by atoms with Crippen LogP contribution in [0.4, 0.5) is 4.79 Å². The number of sulfonamides is 1. The quantitative estimate of drug-likeness (QED) is 0.812. The third-order valence-electron chi connectivity index (χ3n) is 2.37. The van der Waals surface area contributed by atoms with Crippen molar-refractivity contribution in [2.24, 2.45) is 5.73 Å². The molecule has 100 valence electrons. The third-order valence-corrected chi connectivity index (χ3v) is 4.18. The van der Waals surface area contributed by atoms with E-state index in [1.807, 2.05) is 6.92 Å². The van der Waals surface area contributed by atoms with Gasteiger partial charge in [-0.25, -0.2) is 17.5 Å². The Morgan fingerprint density at radius 2 is 1.89 bits per heavy atom. The molecule has 0 spiro atoms. The second kappa shape index (κ2) is 5.83. The van der Waals surface area contributed by atoms with E-state index in [1.54, 1.807) is 12.1 Å². The van der Waals surface area contributed by atoms with Gasteiger partial charge < -0.3 is 10.8 Å². The largest absolute Gasteiger partial charge is 0.396 e. The van der Waals surface area contributed by atoms with Crippen molar-refractivity contribution in [2.45, 2.75) is 18.2 Å². The monoisotopic (exact) mass is 272 g/mol. The minimum absolute atomic E-state index is 0.00448. The number of hydrogen-bond acceptors (Lipinski definition) is 4. The molecule has 0 aliphatic heterocycles. The number of benzene rings is 1. The van der Waals surface area contributed by atoms with Crippen LogP contribution >= 0.6 is 0 Å². The molecule has 3 N–H and O–H groups in total. The normalized spacial score (nSPS) is 11.2. The number of rotatable bonds is 5. The number of hydrogen-bond donors (Lipinski definition) is 2. The lowest BCUT2D eigenvalue weighted by atomic mass is 10.2. The highest BCUT2D eigenvalue weighted by Crippen LogP contribution is 2.16. The highest BCUT2D eigenvalue weighted by molar-refractivity contribution is 7.89. The molecule has 0 bridgehead atoms. The van der Waals surface area contributed by atoms with Gasteiger partial charge in [-0.3, -0.25) is 0 Å². The maximum absolute atomic E-state index is 12.1. The number of nitrogens with zero attached hydrogens (tertiary/aromatic N) is 1. The Hall–Kier alpha value is -1.60. The average Bonchev–Trinajstić information content (AvgIpc) is 2.29. The molecule has 7 heteroatoms. The maximum atomic E-state index is 12.1. The van der Waals surface area contributed by atoms with Crippen molar-refractivity contribution in [3.8, 4) is 0 Å². The van der Waals surface area contributed by atoms with Gasteiger partial charge in [0.2, 0.25) is 0 Å². The van der Waals surface area contributed by atoms with Gasteiger partial charge in [-0.2, -0.15) is 0 Å².